The van der Waals surface area contributed by atoms with Gasteiger partial charge in [-0.1, -0.05) is 6.92 Å². The van der Waals surface area contributed by atoms with Gasteiger partial charge in [-0.3, -0.25) is 0 Å². The topological polar surface area (TPSA) is 37.0 Å². The molecule has 0 radical (unpaired) electrons. The molecule has 3 nitrogen and oxygen atoms in total. The molecule has 1 fully saturated rings. The van der Waals surface area contributed by atoms with E-state index in [4.69, 9.17) is 0 Å². The second-order valence-electron chi connectivity index (χ2n) is 4.00. The summed E-state index contributed by atoms with van der Waals surface area (Å²) in [5, 5.41) is 8.19. The predicted molar refractivity (Wildman–Crippen MR) is 64.2 cm³/mol. The fraction of sp³-hybridized carbons (Fsp3) is 0.727. The summed E-state index contributed by atoms with van der Waals surface area (Å²) in [6, 6.07) is 0.632. The Hall–Kier alpha value is -0.450. The highest BCUT2D eigenvalue weighted by Gasteiger charge is 2.12. The minimum Gasteiger partial charge on any atom is -0.315 e. The Labute approximate surface area is 95.3 Å². The van der Waals surface area contributed by atoms with Crippen LogP contribution in [0.25, 0.3) is 0 Å². The quantitative estimate of drug-likeness (QED) is 0.816. The van der Waals surface area contributed by atoms with E-state index < -0.39 is 0 Å². The van der Waals surface area contributed by atoms with Gasteiger partial charge in [0.15, 0.2) is 0 Å². The number of nitrogens with zero attached hydrogens (tertiary/aromatic N) is 1. The van der Waals surface area contributed by atoms with E-state index >= 15 is 0 Å². The summed E-state index contributed by atoms with van der Waals surface area (Å²) in [7, 11) is 0. The molecule has 1 atom stereocenters. The highest BCUT2D eigenvalue weighted by atomic mass is 32.1. The second-order valence-corrected chi connectivity index (χ2v) is 5.20. The average Bonchev–Trinajstić information content (AvgIpc) is 2.76. The lowest BCUT2D eigenvalue weighted by molar-refractivity contribution is 0.389. The summed E-state index contributed by atoms with van der Waals surface area (Å²) in [5.74, 6) is 0. The number of hydrogen-bond acceptors (Lipinski definition) is 4. The molecule has 0 spiro atoms. The van der Waals surface area contributed by atoms with Crippen LogP contribution in [-0.2, 0) is 13.0 Å². The minimum atomic E-state index is 0.632. The van der Waals surface area contributed by atoms with Gasteiger partial charge in [-0.25, -0.2) is 4.98 Å². The van der Waals surface area contributed by atoms with Crippen molar-refractivity contribution in [3.63, 3.8) is 0 Å². The van der Waals surface area contributed by atoms with E-state index in [1.165, 1.54) is 29.3 Å². The number of hydrogen-bond donors (Lipinski definition) is 2. The SMILES string of the molecule is CCc1cnc(CNC2CCCNC2)s1. The third kappa shape index (κ3) is 3.26. The van der Waals surface area contributed by atoms with Crippen molar-refractivity contribution < 1.29 is 0 Å². The molecular formula is C11H19N3S. The second kappa shape index (κ2) is 5.58. The largest absolute Gasteiger partial charge is 0.315 e. The van der Waals surface area contributed by atoms with E-state index in [0.717, 1.165) is 19.5 Å². The van der Waals surface area contributed by atoms with Gasteiger partial charge in [0.05, 0.1) is 0 Å². The van der Waals surface area contributed by atoms with Gasteiger partial charge in [-0.2, -0.15) is 0 Å². The van der Waals surface area contributed by atoms with E-state index in [2.05, 4.69) is 22.5 Å². The van der Waals surface area contributed by atoms with Crippen molar-refractivity contribution in [2.75, 3.05) is 13.1 Å². The predicted octanol–water partition coefficient (Wildman–Crippen LogP) is 1.55. The Morgan fingerprint density at radius 2 is 2.60 bits per heavy atom. The van der Waals surface area contributed by atoms with E-state index in [1.807, 2.05) is 17.5 Å². The van der Waals surface area contributed by atoms with Crippen LogP contribution in [0.5, 0.6) is 0 Å². The minimum absolute atomic E-state index is 0.632. The molecule has 0 amide bonds. The van der Waals surface area contributed by atoms with Crippen molar-refractivity contribution in [3.8, 4) is 0 Å². The molecular weight excluding hydrogens is 206 g/mol. The molecule has 1 aliphatic heterocycles. The van der Waals surface area contributed by atoms with Gasteiger partial charge in [-0.05, 0) is 25.8 Å². The molecule has 0 bridgehead atoms. The molecule has 84 valence electrons. The van der Waals surface area contributed by atoms with Gasteiger partial charge in [0.2, 0.25) is 0 Å². The fourth-order valence-electron chi connectivity index (χ4n) is 1.85. The van der Waals surface area contributed by atoms with E-state index in [9.17, 15) is 0 Å². The highest BCUT2D eigenvalue weighted by molar-refractivity contribution is 7.11. The lowest BCUT2D eigenvalue weighted by atomic mass is 10.1. The van der Waals surface area contributed by atoms with Crippen LogP contribution < -0.4 is 10.6 Å². The molecule has 1 saturated heterocycles. The van der Waals surface area contributed by atoms with Crippen molar-refractivity contribution in [2.24, 2.45) is 0 Å². The first-order valence-electron chi connectivity index (χ1n) is 5.76. The first kappa shape index (κ1) is 11.0. The van der Waals surface area contributed by atoms with Crippen LogP contribution in [0.4, 0.5) is 0 Å². The van der Waals surface area contributed by atoms with Crippen molar-refractivity contribution in [1.29, 1.82) is 0 Å². The van der Waals surface area contributed by atoms with Crippen molar-refractivity contribution in [3.05, 3.63) is 16.1 Å². The van der Waals surface area contributed by atoms with Crippen molar-refractivity contribution >= 4 is 11.3 Å². The summed E-state index contributed by atoms with van der Waals surface area (Å²) in [6.45, 7) is 5.38. The zero-order chi connectivity index (χ0) is 10.5. The number of piperidine rings is 1. The third-order valence-electron chi connectivity index (χ3n) is 2.79. The first-order chi connectivity index (χ1) is 7.38. The van der Waals surface area contributed by atoms with Crippen molar-refractivity contribution in [1.82, 2.24) is 15.6 Å². The Balaban J connectivity index is 1.76. The lowest BCUT2D eigenvalue weighted by Gasteiger charge is -2.23. The molecule has 0 aliphatic carbocycles. The Kier molecular flexibility index (Phi) is 4.11. The fourth-order valence-corrected chi connectivity index (χ4v) is 2.66. The standard InChI is InChI=1S/C11H19N3S/c1-2-10-7-14-11(15-10)8-13-9-4-3-5-12-6-9/h7,9,12-13H,2-6,8H2,1H3. The van der Waals surface area contributed by atoms with Crippen LogP contribution in [-0.4, -0.2) is 24.1 Å². The molecule has 1 aliphatic rings. The van der Waals surface area contributed by atoms with Crippen LogP contribution in [0, 0.1) is 0 Å². The van der Waals surface area contributed by atoms with Crippen LogP contribution >= 0.6 is 11.3 Å². The molecule has 4 heteroatoms. The Bertz CT molecular complexity index is 292. The summed E-state index contributed by atoms with van der Waals surface area (Å²) in [4.78, 5) is 5.79. The van der Waals surface area contributed by atoms with Crippen molar-refractivity contribution in [2.45, 2.75) is 38.8 Å². The van der Waals surface area contributed by atoms with Gasteiger partial charge in [0.25, 0.3) is 0 Å². The summed E-state index contributed by atoms with van der Waals surface area (Å²) in [6.07, 6.45) is 5.68. The molecule has 1 aromatic rings. The smallest absolute Gasteiger partial charge is 0.107 e. The zero-order valence-electron chi connectivity index (χ0n) is 9.25. The van der Waals surface area contributed by atoms with E-state index in [0.29, 0.717) is 6.04 Å². The van der Waals surface area contributed by atoms with Gasteiger partial charge < -0.3 is 10.6 Å². The van der Waals surface area contributed by atoms with Crippen LogP contribution in [0.3, 0.4) is 0 Å². The number of rotatable bonds is 4. The van der Waals surface area contributed by atoms with Crippen LogP contribution in [0.15, 0.2) is 6.20 Å². The maximum atomic E-state index is 4.41. The lowest BCUT2D eigenvalue weighted by Crippen LogP contribution is -2.42. The molecule has 2 rings (SSSR count). The first-order valence-corrected chi connectivity index (χ1v) is 6.58. The normalized spacial score (nSPS) is 21.8. The molecule has 15 heavy (non-hydrogen) atoms. The molecule has 0 saturated carbocycles. The maximum Gasteiger partial charge on any atom is 0.107 e. The number of aryl methyl sites for hydroxylation is 1. The van der Waals surface area contributed by atoms with Crippen LogP contribution in [0.1, 0.15) is 29.7 Å². The summed E-state index contributed by atoms with van der Waals surface area (Å²) in [5.41, 5.74) is 0. The highest BCUT2D eigenvalue weighted by Crippen LogP contribution is 2.13. The molecule has 2 N–H and O–H groups in total. The summed E-state index contributed by atoms with van der Waals surface area (Å²) >= 11 is 1.83. The van der Waals surface area contributed by atoms with Gasteiger partial charge in [0.1, 0.15) is 5.01 Å². The number of aromatic nitrogens is 1. The van der Waals surface area contributed by atoms with Gasteiger partial charge in [0, 0.05) is 30.2 Å². The Morgan fingerprint density at radius 3 is 3.27 bits per heavy atom. The van der Waals surface area contributed by atoms with E-state index in [1.54, 1.807) is 0 Å². The maximum absolute atomic E-state index is 4.41. The van der Waals surface area contributed by atoms with E-state index in [-0.39, 0.29) is 0 Å². The van der Waals surface area contributed by atoms with Gasteiger partial charge >= 0.3 is 0 Å². The number of thiazole rings is 1. The van der Waals surface area contributed by atoms with Gasteiger partial charge in [-0.15, -0.1) is 11.3 Å². The zero-order valence-corrected chi connectivity index (χ0v) is 10.1. The third-order valence-corrected chi connectivity index (χ3v) is 3.93. The molecule has 0 aromatic carbocycles. The number of nitrogens with one attached hydrogen (secondary N) is 2. The molecule has 1 unspecified atom stereocenters. The van der Waals surface area contributed by atoms with Crippen LogP contribution in [0.2, 0.25) is 0 Å². The summed E-state index contributed by atoms with van der Waals surface area (Å²) < 4.78 is 0. The monoisotopic (exact) mass is 225 g/mol. The molecule has 1 aromatic heterocycles. The molecule has 2 heterocycles. The average molecular weight is 225 g/mol. The Morgan fingerprint density at radius 1 is 1.67 bits per heavy atom.